The first kappa shape index (κ1) is 15.3. The first-order valence-corrected chi connectivity index (χ1v) is 6.17. The minimum Gasteiger partial charge on any atom is -0.491 e. The van der Waals surface area contributed by atoms with E-state index < -0.39 is 17.7 Å². The molecule has 0 aliphatic carbocycles. The number of hydrogen-bond acceptors (Lipinski definition) is 3. The number of aliphatic hydroxyl groups is 1. The maximum atomic E-state index is 11.1. The highest BCUT2D eigenvalue weighted by Gasteiger charge is 2.28. The Bertz CT molecular complexity index is 400. The summed E-state index contributed by atoms with van der Waals surface area (Å²) in [5.41, 5.74) is -0.556. The Morgan fingerprint density at radius 3 is 2.37 bits per heavy atom. The molecule has 0 aromatic heterocycles. The molecule has 5 nitrogen and oxygen atoms in total. The van der Waals surface area contributed by atoms with Crippen LogP contribution in [0.15, 0.2) is 30.3 Å². The van der Waals surface area contributed by atoms with Crippen LogP contribution >= 0.6 is 0 Å². The number of aliphatic hydroxyl groups excluding tert-OH is 1. The molecular formula is C14H21NO4. The van der Waals surface area contributed by atoms with Crippen LogP contribution in [0.3, 0.4) is 0 Å². The summed E-state index contributed by atoms with van der Waals surface area (Å²) in [6.45, 7) is 5.43. The average Bonchev–Trinajstić information content (AvgIpc) is 2.33. The highest BCUT2D eigenvalue weighted by molar-refractivity contribution is 5.66. The fourth-order valence-corrected chi connectivity index (χ4v) is 1.61. The summed E-state index contributed by atoms with van der Waals surface area (Å²) in [6.07, 6.45) is -1.92. The third-order valence-electron chi connectivity index (χ3n) is 2.62. The number of para-hydroxylation sites is 1. The molecule has 1 amide bonds. The summed E-state index contributed by atoms with van der Waals surface area (Å²) in [6, 6.07) is 9.10. The Morgan fingerprint density at radius 2 is 1.89 bits per heavy atom. The number of carbonyl (C=O) groups is 1. The predicted octanol–water partition coefficient (Wildman–Crippen LogP) is 2.20. The van der Waals surface area contributed by atoms with Gasteiger partial charge in [0, 0.05) is 5.54 Å². The number of nitrogens with zero attached hydrogens (tertiary/aromatic N) is 1. The van der Waals surface area contributed by atoms with Crippen LogP contribution in [-0.4, -0.2) is 46.0 Å². The molecule has 1 rings (SSSR count). The molecule has 0 fully saturated rings. The van der Waals surface area contributed by atoms with E-state index in [1.165, 1.54) is 4.90 Å². The quantitative estimate of drug-likeness (QED) is 0.858. The molecule has 5 heteroatoms. The molecule has 2 N–H and O–H groups in total. The van der Waals surface area contributed by atoms with Gasteiger partial charge in [0.1, 0.15) is 18.5 Å². The van der Waals surface area contributed by atoms with E-state index in [-0.39, 0.29) is 13.2 Å². The SMILES string of the molecule is CC(C)(C)N(CC(O)COc1ccccc1)C(=O)O. The first-order valence-electron chi connectivity index (χ1n) is 6.17. The van der Waals surface area contributed by atoms with Crippen molar-refractivity contribution in [1.82, 2.24) is 4.90 Å². The van der Waals surface area contributed by atoms with E-state index in [0.29, 0.717) is 5.75 Å². The predicted molar refractivity (Wildman–Crippen MR) is 72.4 cm³/mol. The molecule has 1 aromatic carbocycles. The largest absolute Gasteiger partial charge is 0.491 e. The van der Waals surface area contributed by atoms with Gasteiger partial charge in [-0.2, -0.15) is 0 Å². The summed E-state index contributed by atoms with van der Waals surface area (Å²) in [4.78, 5) is 12.3. The van der Waals surface area contributed by atoms with Gasteiger partial charge < -0.3 is 19.8 Å². The number of benzene rings is 1. The maximum absolute atomic E-state index is 11.1. The lowest BCUT2D eigenvalue weighted by Gasteiger charge is -2.34. The average molecular weight is 267 g/mol. The van der Waals surface area contributed by atoms with Gasteiger partial charge in [-0.15, -0.1) is 0 Å². The van der Waals surface area contributed by atoms with E-state index in [2.05, 4.69) is 0 Å². The molecule has 0 spiro atoms. The van der Waals surface area contributed by atoms with Crippen LogP contribution in [0.2, 0.25) is 0 Å². The molecule has 0 saturated heterocycles. The van der Waals surface area contributed by atoms with Crippen LogP contribution in [0.1, 0.15) is 20.8 Å². The second kappa shape index (κ2) is 6.43. The third kappa shape index (κ3) is 5.18. The lowest BCUT2D eigenvalue weighted by Crippen LogP contribution is -2.49. The van der Waals surface area contributed by atoms with Crippen LogP contribution < -0.4 is 4.74 Å². The summed E-state index contributed by atoms with van der Waals surface area (Å²) in [7, 11) is 0. The minimum atomic E-state index is -1.05. The Labute approximate surface area is 113 Å². The maximum Gasteiger partial charge on any atom is 0.407 e. The highest BCUT2D eigenvalue weighted by Crippen LogP contribution is 2.14. The minimum absolute atomic E-state index is 0.0195. The molecule has 0 saturated carbocycles. The molecule has 0 aliphatic rings. The van der Waals surface area contributed by atoms with Crippen molar-refractivity contribution >= 4 is 6.09 Å². The topological polar surface area (TPSA) is 70.0 Å². The standard InChI is InChI=1S/C14H21NO4/c1-14(2,3)15(13(17)18)9-11(16)10-19-12-7-5-4-6-8-12/h4-8,11,16H,9-10H2,1-3H3,(H,17,18). The van der Waals surface area contributed by atoms with Gasteiger partial charge >= 0.3 is 6.09 Å². The second-order valence-corrected chi connectivity index (χ2v) is 5.34. The van der Waals surface area contributed by atoms with E-state index in [9.17, 15) is 9.90 Å². The van der Waals surface area contributed by atoms with Crippen LogP contribution in [-0.2, 0) is 0 Å². The number of β-amino-alcohol motifs (C(OH)–C–C–N with tert-alkyl or cyclic N) is 1. The highest BCUT2D eigenvalue weighted by atomic mass is 16.5. The van der Waals surface area contributed by atoms with Crippen molar-refractivity contribution in [2.24, 2.45) is 0 Å². The van der Waals surface area contributed by atoms with Gasteiger partial charge in [0.05, 0.1) is 6.54 Å². The van der Waals surface area contributed by atoms with Crippen LogP contribution in [0.25, 0.3) is 0 Å². The van der Waals surface area contributed by atoms with Crippen LogP contribution in [0.5, 0.6) is 5.75 Å². The van der Waals surface area contributed by atoms with Gasteiger partial charge in [0.15, 0.2) is 0 Å². The zero-order valence-electron chi connectivity index (χ0n) is 11.5. The van der Waals surface area contributed by atoms with E-state index in [1.807, 2.05) is 18.2 Å². The van der Waals surface area contributed by atoms with Gasteiger partial charge in [0.25, 0.3) is 0 Å². The van der Waals surface area contributed by atoms with Crippen molar-refractivity contribution in [1.29, 1.82) is 0 Å². The number of rotatable bonds is 5. The molecular weight excluding hydrogens is 246 g/mol. The lowest BCUT2D eigenvalue weighted by molar-refractivity contribution is 0.0354. The Kier molecular flexibility index (Phi) is 5.18. The molecule has 19 heavy (non-hydrogen) atoms. The Hall–Kier alpha value is -1.75. The van der Waals surface area contributed by atoms with Gasteiger partial charge in [-0.05, 0) is 32.9 Å². The summed E-state index contributed by atoms with van der Waals surface area (Å²) >= 11 is 0. The van der Waals surface area contributed by atoms with E-state index in [1.54, 1.807) is 32.9 Å². The molecule has 0 bridgehead atoms. The molecule has 0 radical (unpaired) electrons. The zero-order chi connectivity index (χ0) is 14.5. The fraction of sp³-hybridized carbons (Fsp3) is 0.500. The number of ether oxygens (including phenoxy) is 1. The van der Waals surface area contributed by atoms with E-state index >= 15 is 0 Å². The number of carboxylic acid groups (broad SMARTS) is 1. The number of amides is 1. The smallest absolute Gasteiger partial charge is 0.407 e. The molecule has 0 aliphatic heterocycles. The van der Waals surface area contributed by atoms with Crippen molar-refractivity contribution in [3.8, 4) is 5.75 Å². The zero-order valence-corrected chi connectivity index (χ0v) is 11.5. The normalized spacial score (nSPS) is 12.8. The fourth-order valence-electron chi connectivity index (χ4n) is 1.61. The summed E-state index contributed by atoms with van der Waals surface area (Å²) < 4.78 is 5.39. The van der Waals surface area contributed by atoms with Crippen molar-refractivity contribution in [2.45, 2.75) is 32.4 Å². The van der Waals surface area contributed by atoms with Crippen molar-refractivity contribution in [3.05, 3.63) is 30.3 Å². The summed E-state index contributed by atoms with van der Waals surface area (Å²) in [5.74, 6) is 0.652. The van der Waals surface area contributed by atoms with Crippen molar-refractivity contribution in [2.75, 3.05) is 13.2 Å². The Balaban J connectivity index is 2.50. The van der Waals surface area contributed by atoms with Gasteiger partial charge in [-0.1, -0.05) is 18.2 Å². The van der Waals surface area contributed by atoms with Gasteiger partial charge in [-0.25, -0.2) is 4.79 Å². The van der Waals surface area contributed by atoms with E-state index in [4.69, 9.17) is 9.84 Å². The van der Waals surface area contributed by atoms with Crippen molar-refractivity contribution < 1.29 is 19.7 Å². The van der Waals surface area contributed by atoms with Crippen molar-refractivity contribution in [3.63, 3.8) is 0 Å². The van der Waals surface area contributed by atoms with Crippen LogP contribution in [0.4, 0.5) is 4.79 Å². The van der Waals surface area contributed by atoms with Gasteiger partial charge in [-0.3, -0.25) is 0 Å². The first-order chi connectivity index (χ1) is 8.80. The molecule has 106 valence electrons. The summed E-state index contributed by atoms with van der Waals surface area (Å²) in [5, 5.41) is 19.0. The lowest BCUT2D eigenvalue weighted by atomic mass is 10.1. The molecule has 1 unspecified atom stereocenters. The van der Waals surface area contributed by atoms with Crippen LogP contribution in [0, 0.1) is 0 Å². The Morgan fingerprint density at radius 1 is 1.32 bits per heavy atom. The van der Waals surface area contributed by atoms with E-state index in [0.717, 1.165) is 0 Å². The molecule has 1 atom stereocenters. The third-order valence-corrected chi connectivity index (χ3v) is 2.62. The van der Waals surface area contributed by atoms with Gasteiger partial charge in [0.2, 0.25) is 0 Å². The molecule has 1 aromatic rings. The molecule has 0 heterocycles. The second-order valence-electron chi connectivity index (χ2n) is 5.34. The monoisotopic (exact) mass is 267 g/mol. The number of hydrogen-bond donors (Lipinski definition) is 2.